The summed E-state index contributed by atoms with van der Waals surface area (Å²) in [6.45, 7) is -0.150. The molecule has 1 saturated heterocycles. The molecule has 4 amide bonds. The number of nitrogens with zero attached hydrogens (tertiary/aromatic N) is 1. The molecule has 2 N–H and O–H groups in total. The van der Waals surface area contributed by atoms with Crippen molar-refractivity contribution in [3.05, 3.63) is 0 Å². The summed E-state index contributed by atoms with van der Waals surface area (Å²) < 4.78 is 0. The molecule has 6 heteroatoms. The van der Waals surface area contributed by atoms with Crippen LogP contribution in [0.4, 0.5) is 4.79 Å². The minimum Gasteiger partial charge on any atom is -0.352 e. The molecule has 3 rings (SSSR count). The van der Waals surface area contributed by atoms with Gasteiger partial charge in [0.2, 0.25) is 5.91 Å². The molecular weight excluding hydrogens is 294 g/mol. The molecule has 0 aromatic carbocycles. The van der Waals surface area contributed by atoms with Crippen LogP contribution >= 0.6 is 0 Å². The number of nitrogens with one attached hydrogen (secondary N) is 2. The van der Waals surface area contributed by atoms with E-state index in [1.54, 1.807) is 0 Å². The number of carbonyl (C=O) groups excluding carboxylic acids is 3. The van der Waals surface area contributed by atoms with E-state index in [1.165, 1.54) is 19.3 Å². The van der Waals surface area contributed by atoms with Crippen LogP contribution < -0.4 is 10.6 Å². The zero-order chi connectivity index (χ0) is 16.3. The third-order valence-corrected chi connectivity index (χ3v) is 5.48. The molecule has 0 aromatic rings. The first kappa shape index (κ1) is 16.3. The van der Waals surface area contributed by atoms with Gasteiger partial charge in [0, 0.05) is 6.04 Å². The normalized spacial score (nSPS) is 25.3. The SMILES string of the molecule is O=C(CN1C(=O)NC2(CCCC2)C1=O)NC1CCCCCCC1. The highest BCUT2D eigenvalue weighted by Crippen LogP contribution is 2.34. The topological polar surface area (TPSA) is 78.5 Å². The molecule has 1 heterocycles. The van der Waals surface area contributed by atoms with Crippen molar-refractivity contribution in [3.63, 3.8) is 0 Å². The lowest BCUT2D eigenvalue weighted by Gasteiger charge is -2.23. The van der Waals surface area contributed by atoms with E-state index in [0.29, 0.717) is 12.8 Å². The van der Waals surface area contributed by atoms with E-state index in [-0.39, 0.29) is 24.4 Å². The third kappa shape index (κ3) is 3.51. The van der Waals surface area contributed by atoms with Gasteiger partial charge >= 0.3 is 6.03 Å². The lowest BCUT2D eigenvalue weighted by molar-refractivity contribution is -0.135. The van der Waals surface area contributed by atoms with E-state index >= 15 is 0 Å². The second-order valence-corrected chi connectivity index (χ2v) is 7.22. The monoisotopic (exact) mass is 321 g/mol. The zero-order valence-corrected chi connectivity index (χ0v) is 13.7. The number of imide groups is 1. The third-order valence-electron chi connectivity index (χ3n) is 5.48. The van der Waals surface area contributed by atoms with Crippen molar-refractivity contribution in [2.24, 2.45) is 0 Å². The molecule has 3 fully saturated rings. The smallest absolute Gasteiger partial charge is 0.325 e. The Hall–Kier alpha value is -1.59. The molecule has 2 aliphatic carbocycles. The molecular formula is C17H27N3O3. The molecule has 0 bridgehead atoms. The first-order chi connectivity index (χ1) is 11.1. The maximum atomic E-state index is 12.5. The summed E-state index contributed by atoms with van der Waals surface area (Å²) >= 11 is 0. The van der Waals surface area contributed by atoms with Crippen molar-refractivity contribution in [2.75, 3.05) is 6.54 Å². The molecule has 0 radical (unpaired) electrons. The molecule has 1 spiro atoms. The van der Waals surface area contributed by atoms with Gasteiger partial charge in [-0.05, 0) is 25.7 Å². The maximum Gasteiger partial charge on any atom is 0.325 e. The highest BCUT2D eigenvalue weighted by molar-refractivity contribution is 6.09. The molecule has 3 aliphatic rings. The van der Waals surface area contributed by atoms with Crippen molar-refractivity contribution in [1.29, 1.82) is 0 Å². The first-order valence-corrected chi connectivity index (χ1v) is 9.04. The second kappa shape index (κ2) is 6.89. The van der Waals surface area contributed by atoms with Gasteiger partial charge in [-0.15, -0.1) is 0 Å². The minimum absolute atomic E-state index is 0.150. The van der Waals surface area contributed by atoms with Crippen molar-refractivity contribution in [1.82, 2.24) is 15.5 Å². The molecule has 0 aromatic heterocycles. The fourth-order valence-corrected chi connectivity index (χ4v) is 4.15. The van der Waals surface area contributed by atoms with Crippen molar-refractivity contribution < 1.29 is 14.4 Å². The summed E-state index contributed by atoms with van der Waals surface area (Å²) in [6.07, 6.45) is 11.3. The van der Waals surface area contributed by atoms with Gasteiger partial charge in [-0.2, -0.15) is 0 Å². The predicted molar refractivity (Wildman–Crippen MR) is 85.7 cm³/mol. The number of hydrogen-bond donors (Lipinski definition) is 2. The molecule has 128 valence electrons. The maximum absolute atomic E-state index is 12.5. The fraction of sp³-hybridized carbons (Fsp3) is 0.824. The Morgan fingerprint density at radius 1 is 1.04 bits per heavy atom. The van der Waals surface area contributed by atoms with E-state index in [2.05, 4.69) is 10.6 Å². The van der Waals surface area contributed by atoms with Crippen LogP contribution in [0.15, 0.2) is 0 Å². The number of carbonyl (C=O) groups is 3. The Bertz CT molecular complexity index is 477. The van der Waals surface area contributed by atoms with Gasteiger partial charge in [-0.1, -0.05) is 44.9 Å². The summed E-state index contributed by atoms with van der Waals surface area (Å²) in [6, 6.07) is -0.228. The summed E-state index contributed by atoms with van der Waals surface area (Å²) in [7, 11) is 0. The molecule has 1 aliphatic heterocycles. The largest absolute Gasteiger partial charge is 0.352 e. The molecule has 23 heavy (non-hydrogen) atoms. The lowest BCUT2D eigenvalue weighted by atomic mass is 9.96. The summed E-state index contributed by atoms with van der Waals surface area (Å²) in [4.78, 5) is 38.0. The molecule has 2 saturated carbocycles. The lowest BCUT2D eigenvalue weighted by Crippen LogP contribution is -2.46. The van der Waals surface area contributed by atoms with E-state index in [0.717, 1.165) is 43.4 Å². The van der Waals surface area contributed by atoms with Gasteiger partial charge in [0.15, 0.2) is 0 Å². The van der Waals surface area contributed by atoms with Crippen LogP contribution in [0, 0.1) is 0 Å². The van der Waals surface area contributed by atoms with Gasteiger partial charge in [0.05, 0.1) is 0 Å². The van der Waals surface area contributed by atoms with Crippen LogP contribution in [0.5, 0.6) is 0 Å². The van der Waals surface area contributed by atoms with Gasteiger partial charge in [-0.25, -0.2) is 4.79 Å². The van der Waals surface area contributed by atoms with Gasteiger partial charge in [0.25, 0.3) is 5.91 Å². The summed E-state index contributed by atoms with van der Waals surface area (Å²) in [5, 5.41) is 5.83. The highest BCUT2D eigenvalue weighted by Gasteiger charge is 2.52. The first-order valence-electron chi connectivity index (χ1n) is 9.04. The minimum atomic E-state index is -0.725. The zero-order valence-electron chi connectivity index (χ0n) is 13.7. The van der Waals surface area contributed by atoms with Crippen LogP contribution in [0.25, 0.3) is 0 Å². The highest BCUT2D eigenvalue weighted by atomic mass is 16.2. The van der Waals surface area contributed by atoms with E-state index < -0.39 is 11.6 Å². The average Bonchev–Trinajstić information content (AvgIpc) is 3.03. The van der Waals surface area contributed by atoms with Gasteiger partial charge in [0.1, 0.15) is 12.1 Å². The van der Waals surface area contributed by atoms with Crippen LogP contribution in [0.1, 0.15) is 70.6 Å². The Labute approximate surface area is 137 Å². The van der Waals surface area contributed by atoms with E-state index in [1.807, 2.05) is 0 Å². The van der Waals surface area contributed by atoms with Crippen LogP contribution in [-0.2, 0) is 9.59 Å². The molecule has 0 atom stereocenters. The Kier molecular flexibility index (Phi) is 4.87. The standard InChI is InChI=1S/C17H27N3O3/c21-14(18-13-8-4-2-1-3-5-9-13)12-20-15(22)17(19-16(20)23)10-6-7-11-17/h13H,1-12H2,(H,18,21)(H,19,23). The van der Waals surface area contributed by atoms with Gasteiger partial charge < -0.3 is 10.6 Å². The van der Waals surface area contributed by atoms with Crippen molar-refractivity contribution in [2.45, 2.75) is 82.2 Å². The van der Waals surface area contributed by atoms with Crippen molar-refractivity contribution >= 4 is 17.8 Å². The number of urea groups is 1. The number of hydrogen-bond acceptors (Lipinski definition) is 3. The number of amides is 4. The quantitative estimate of drug-likeness (QED) is 0.781. The Balaban J connectivity index is 1.54. The average molecular weight is 321 g/mol. The van der Waals surface area contributed by atoms with Crippen molar-refractivity contribution in [3.8, 4) is 0 Å². The molecule has 0 unspecified atom stereocenters. The van der Waals surface area contributed by atoms with E-state index in [9.17, 15) is 14.4 Å². The predicted octanol–water partition coefficient (Wildman–Crippen LogP) is 2.08. The fourth-order valence-electron chi connectivity index (χ4n) is 4.15. The van der Waals surface area contributed by atoms with Gasteiger partial charge in [-0.3, -0.25) is 14.5 Å². The number of rotatable bonds is 3. The Morgan fingerprint density at radius 3 is 2.30 bits per heavy atom. The summed E-state index contributed by atoms with van der Waals surface area (Å²) in [5.41, 5.74) is -0.725. The second-order valence-electron chi connectivity index (χ2n) is 7.22. The Morgan fingerprint density at radius 2 is 1.65 bits per heavy atom. The van der Waals surface area contributed by atoms with Crippen LogP contribution in [0.3, 0.4) is 0 Å². The summed E-state index contributed by atoms with van der Waals surface area (Å²) in [5.74, 6) is -0.429. The van der Waals surface area contributed by atoms with E-state index in [4.69, 9.17) is 0 Å². The van der Waals surface area contributed by atoms with Crippen LogP contribution in [-0.4, -0.2) is 40.9 Å². The molecule has 6 nitrogen and oxygen atoms in total. The van der Waals surface area contributed by atoms with Crippen LogP contribution in [0.2, 0.25) is 0 Å².